The molecule has 3 unspecified atom stereocenters. The molecule has 0 aromatic rings. The second-order valence-corrected chi connectivity index (χ2v) is 17.7. The number of amides is 2. The van der Waals surface area contributed by atoms with E-state index in [1.54, 1.807) is 6.08 Å². The molecule has 3 atom stereocenters. The largest absolute Gasteiger partial charge is 0.500 e. The highest BCUT2D eigenvalue weighted by molar-refractivity contribution is 6.60. The molecule has 1 saturated carbocycles. The van der Waals surface area contributed by atoms with Crippen molar-refractivity contribution in [2.75, 3.05) is 32.9 Å². The Bertz CT molecular complexity index is 924. The van der Waals surface area contributed by atoms with Gasteiger partial charge < -0.3 is 28.6 Å². The van der Waals surface area contributed by atoms with Crippen LogP contribution in [-0.4, -0.2) is 71.9 Å². The first-order chi connectivity index (χ1) is 21.7. The maximum Gasteiger partial charge on any atom is 0.500 e. The highest BCUT2D eigenvalue weighted by Crippen LogP contribution is 2.46. The molecule has 0 aliphatic heterocycles. The van der Waals surface area contributed by atoms with E-state index in [0.717, 1.165) is 51.4 Å². The number of carbonyl (C=O) groups excluding carboxylic acids is 3. The molecule has 1 fully saturated rings. The third kappa shape index (κ3) is 17.4. The lowest BCUT2D eigenvalue weighted by Gasteiger charge is -2.45. The molecule has 1 aliphatic carbocycles. The number of alkyl carbamates (subject to hydrolysis) is 1. The highest BCUT2D eigenvalue weighted by atomic mass is 28.4. The van der Waals surface area contributed by atoms with E-state index in [-0.39, 0.29) is 40.7 Å². The van der Waals surface area contributed by atoms with Crippen LogP contribution in [0.15, 0.2) is 4.99 Å². The molecule has 0 radical (unpaired) electrons. The summed E-state index contributed by atoms with van der Waals surface area (Å²) in [7, 11) is -2.75. The molecule has 46 heavy (non-hydrogen) atoms. The molecule has 2 N–H and O–H groups in total. The van der Waals surface area contributed by atoms with Gasteiger partial charge in [0.15, 0.2) is 0 Å². The summed E-state index contributed by atoms with van der Waals surface area (Å²) >= 11 is 0. The Morgan fingerprint density at radius 1 is 0.935 bits per heavy atom. The van der Waals surface area contributed by atoms with Gasteiger partial charge in [-0.25, -0.2) is 14.6 Å². The van der Waals surface area contributed by atoms with Crippen molar-refractivity contribution in [3.63, 3.8) is 0 Å². The summed E-state index contributed by atoms with van der Waals surface area (Å²) in [5.41, 5.74) is -0.369. The molecule has 10 nitrogen and oxygen atoms in total. The molecule has 1 aliphatic rings. The van der Waals surface area contributed by atoms with Gasteiger partial charge in [-0.2, -0.15) is 0 Å². The number of isocyanates is 1. The number of rotatable bonds is 24. The van der Waals surface area contributed by atoms with Crippen LogP contribution in [-0.2, 0) is 27.6 Å². The van der Waals surface area contributed by atoms with Gasteiger partial charge in [0.1, 0.15) is 6.10 Å². The van der Waals surface area contributed by atoms with E-state index in [1.165, 1.54) is 12.8 Å². The molecule has 2 amide bonds. The Balaban J connectivity index is 2.71. The summed E-state index contributed by atoms with van der Waals surface area (Å²) in [6, 6.07) is 0.600. The van der Waals surface area contributed by atoms with Crippen molar-refractivity contribution < 1.29 is 32.4 Å². The van der Waals surface area contributed by atoms with Crippen molar-refractivity contribution in [1.82, 2.24) is 10.6 Å². The van der Waals surface area contributed by atoms with Crippen molar-refractivity contribution in [2.24, 2.45) is 21.2 Å². The van der Waals surface area contributed by atoms with E-state index in [0.29, 0.717) is 45.4 Å². The van der Waals surface area contributed by atoms with Crippen molar-refractivity contribution in [3.8, 4) is 0 Å². The van der Waals surface area contributed by atoms with Gasteiger partial charge in [0.2, 0.25) is 12.0 Å². The molecular weight excluding hydrogens is 602 g/mol. The first-order valence-corrected chi connectivity index (χ1v) is 19.8. The van der Waals surface area contributed by atoms with Crippen LogP contribution in [0.1, 0.15) is 139 Å². The predicted octanol–water partition coefficient (Wildman–Crippen LogP) is 7.72. The number of hydrogen-bond acceptors (Lipinski definition) is 8. The van der Waals surface area contributed by atoms with Crippen molar-refractivity contribution in [1.29, 1.82) is 0 Å². The monoisotopic (exact) mass is 669 g/mol. The minimum Gasteiger partial charge on any atom is -0.446 e. The molecule has 0 spiro atoms. The Kier molecular flexibility index (Phi) is 19.5. The summed E-state index contributed by atoms with van der Waals surface area (Å²) in [4.78, 5) is 40.9. The number of aliphatic imine (C=N–C) groups is 1. The SMILES string of the molecule is CCCCCCCC(CCC(=O)NCC(C)(C)CC[Si](OCC)(OCC)OCC)OC(=O)NCC1(C)CC(N=C=O)CC(C)(C)C1. The topological polar surface area (TPSA) is 125 Å². The van der Waals surface area contributed by atoms with Gasteiger partial charge in [-0.1, -0.05) is 67.2 Å². The van der Waals surface area contributed by atoms with E-state index < -0.39 is 14.9 Å². The minimum atomic E-state index is -2.75. The van der Waals surface area contributed by atoms with Crippen LogP contribution in [0.25, 0.3) is 0 Å². The number of nitrogens with one attached hydrogen (secondary N) is 2. The number of ether oxygens (including phenoxy) is 1. The average molecular weight is 670 g/mol. The first-order valence-electron chi connectivity index (χ1n) is 17.9. The third-order valence-electron chi connectivity index (χ3n) is 8.88. The van der Waals surface area contributed by atoms with Crippen molar-refractivity contribution >= 4 is 26.9 Å². The Morgan fingerprint density at radius 3 is 2.15 bits per heavy atom. The molecule has 0 saturated heterocycles. The zero-order valence-electron chi connectivity index (χ0n) is 30.7. The van der Waals surface area contributed by atoms with E-state index in [9.17, 15) is 14.4 Å². The summed E-state index contributed by atoms with van der Waals surface area (Å²) in [6.45, 7) is 21.4. The van der Waals surface area contributed by atoms with Crippen LogP contribution in [0, 0.1) is 16.2 Å². The summed E-state index contributed by atoms with van der Waals surface area (Å²) in [5, 5.41) is 6.10. The van der Waals surface area contributed by atoms with Gasteiger partial charge in [-0.3, -0.25) is 4.79 Å². The normalized spacial score (nSPS) is 20.4. The lowest BCUT2D eigenvalue weighted by Crippen LogP contribution is -2.47. The second-order valence-electron chi connectivity index (χ2n) is 15.0. The molecular formula is C35H67N3O7Si. The fourth-order valence-electron chi connectivity index (χ4n) is 6.89. The number of hydrogen-bond donors (Lipinski definition) is 2. The van der Waals surface area contributed by atoms with Crippen LogP contribution < -0.4 is 10.6 Å². The average Bonchev–Trinajstić information content (AvgIpc) is 2.96. The molecule has 11 heteroatoms. The van der Waals surface area contributed by atoms with Gasteiger partial charge in [0, 0.05) is 45.4 Å². The van der Waals surface area contributed by atoms with Gasteiger partial charge in [0.25, 0.3) is 0 Å². The smallest absolute Gasteiger partial charge is 0.446 e. The Labute approximate surface area is 281 Å². The van der Waals surface area contributed by atoms with Crippen LogP contribution in [0.5, 0.6) is 0 Å². The molecule has 0 bridgehead atoms. The van der Waals surface area contributed by atoms with Gasteiger partial charge in [-0.05, 0) is 82.0 Å². The number of nitrogens with zero attached hydrogens (tertiary/aromatic N) is 1. The third-order valence-corrected chi connectivity index (χ3v) is 11.9. The van der Waals surface area contributed by atoms with Crippen LogP contribution in [0.3, 0.4) is 0 Å². The molecule has 0 aromatic carbocycles. The maximum atomic E-state index is 13.0. The summed E-state index contributed by atoms with van der Waals surface area (Å²) in [6.07, 6.45) is 11.2. The summed E-state index contributed by atoms with van der Waals surface area (Å²) in [5.74, 6) is -0.0466. The molecule has 0 aromatic heterocycles. The van der Waals surface area contributed by atoms with Gasteiger partial charge in [0.05, 0.1) is 6.04 Å². The number of unbranched alkanes of at least 4 members (excludes halogenated alkanes) is 4. The predicted molar refractivity (Wildman–Crippen MR) is 185 cm³/mol. The maximum absolute atomic E-state index is 13.0. The van der Waals surface area contributed by atoms with Crippen molar-refractivity contribution in [3.05, 3.63) is 0 Å². The zero-order chi connectivity index (χ0) is 34.7. The van der Waals surface area contributed by atoms with E-state index in [4.69, 9.17) is 18.0 Å². The van der Waals surface area contributed by atoms with Crippen LogP contribution in [0.2, 0.25) is 6.04 Å². The Hall–Kier alpha value is -1.78. The molecule has 268 valence electrons. The van der Waals surface area contributed by atoms with E-state index in [1.807, 2.05) is 20.8 Å². The zero-order valence-corrected chi connectivity index (χ0v) is 31.7. The quantitative estimate of drug-likeness (QED) is 0.0467. The molecule has 1 rings (SSSR count). The van der Waals surface area contributed by atoms with E-state index in [2.05, 4.69) is 57.2 Å². The molecule has 0 heterocycles. The fraction of sp³-hybridized carbons (Fsp3) is 0.914. The standard InChI is InChI=1S/C35H67N3O7Si/c1-10-14-15-16-17-18-30(45-32(41)37-27-35(9)24-29(38-28-39)23-34(7,8)25-35)19-20-31(40)36-26-33(5,6)21-22-46(42-11-2,43-12-3)44-13-4/h29-30H,10-27H2,1-9H3,(H,36,40)(H,37,41). The van der Waals surface area contributed by atoms with Crippen molar-refractivity contribution in [2.45, 2.75) is 158 Å². The number of carbonyl (C=O) groups is 2. The fourth-order valence-corrected chi connectivity index (χ4v) is 9.88. The summed E-state index contributed by atoms with van der Waals surface area (Å²) < 4.78 is 23.9. The van der Waals surface area contributed by atoms with E-state index >= 15 is 0 Å². The van der Waals surface area contributed by atoms with Crippen LogP contribution in [0.4, 0.5) is 4.79 Å². The Morgan fingerprint density at radius 2 is 1.57 bits per heavy atom. The van der Waals surface area contributed by atoms with Gasteiger partial charge >= 0.3 is 14.9 Å². The second kappa shape index (κ2) is 21.2. The minimum absolute atomic E-state index is 0.00741. The highest BCUT2D eigenvalue weighted by Gasteiger charge is 2.42. The lowest BCUT2D eigenvalue weighted by atomic mass is 9.63. The lowest BCUT2D eigenvalue weighted by molar-refractivity contribution is -0.122. The van der Waals surface area contributed by atoms with Gasteiger partial charge in [-0.15, -0.1) is 0 Å². The first kappa shape index (κ1) is 42.2. The van der Waals surface area contributed by atoms with Crippen LogP contribution >= 0.6 is 0 Å².